The number of aliphatic hydroxyl groups is 1. The summed E-state index contributed by atoms with van der Waals surface area (Å²) in [6.07, 6.45) is 0. The topological polar surface area (TPSA) is 46.5 Å². The van der Waals surface area contributed by atoms with Gasteiger partial charge >= 0.3 is 5.97 Å². The summed E-state index contributed by atoms with van der Waals surface area (Å²) >= 11 is 0. The van der Waals surface area contributed by atoms with Crippen LogP contribution in [0.3, 0.4) is 0 Å². The lowest BCUT2D eigenvalue weighted by Gasteiger charge is -2.35. The Morgan fingerprint density at radius 2 is 1.71 bits per heavy atom. The van der Waals surface area contributed by atoms with E-state index in [1.807, 2.05) is 63.2 Å². The van der Waals surface area contributed by atoms with Crippen molar-refractivity contribution in [3.63, 3.8) is 0 Å². The van der Waals surface area contributed by atoms with Gasteiger partial charge in [-0.1, -0.05) is 63.2 Å². The fraction of sp³-hybridized carbons (Fsp3) is 0.389. The highest BCUT2D eigenvalue weighted by Gasteiger charge is 2.46. The molecule has 112 valence electrons. The zero-order valence-corrected chi connectivity index (χ0v) is 13.0. The van der Waals surface area contributed by atoms with E-state index in [1.54, 1.807) is 0 Å². The number of carbonyl (C=O) groups excluding carboxylic acids is 1. The fourth-order valence-corrected chi connectivity index (χ4v) is 2.81. The fourth-order valence-electron chi connectivity index (χ4n) is 2.81. The highest BCUT2D eigenvalue weighted by atomic mass is 16.5. The molecule has 0 radical (unpaired) electrons. The molecule has 2 aromatic rings. The van der Waals surface area contributed by atoms with Crippen molar-refractivity contribution in [3.8, 4) is 0 Å². The van der Waals surface area contributed by atoms with Gasteiger partial charge in [0.1, 0.15) is 0 Å². The molecule has 0 aliphatic rings. The summed E-state index contributed by atoms with van der Waals surface area (Å²) < 4.78 is 4.82. The van der Waals surface area contributed by atoms with Crippen molar-refractivity contribution in [3.05, 3.63) is 48.0 Å². The van der Waals surface area contributed by atoms with Crippen molar-refractivity contribution in [1.82, 2.24) is 0 Å². The van der Waals surface area contributed by atoms with Gasteiger partial charge in [0.05, 0.1) is 7.11 Å². The van der Waals surface area contributed by atoms with Crippen LogP contribution in [0, 0.1) is 5.92 Å². The van der Waals surface area contributed by atoms with Crippen molar-refractivity contribution < 1.29 is 14.6 Å². The third-order valence-electron chi connectivity index (χ3n) is 4.33. The Kier molecular flexibility index (Phi) is 4.33. The summed E-state index contributed by atoms with van der Waals surface area (Å²) in [4.78, 5) is 12.1. The molecule has 0 aliphatic heterocycles. The Morgan fingerprint density at radius 1 is 1.10 bits per heavy atom. The molecule has 0 saturated carbocycles. The monoisotopic (exact) mass is 286 g/mol. The molecule has 2 unspecified atom stereocenters. The van der Waals surface area contributed by atoms with Crippen LogP contribution in [-0.4, -0.2) is 23.8 Å². The van der Waals surface area contributed by atoms with E-state index in [1.165, 1.54) is 7.11 Å². The number of fused-ring (bicyclic) bond motifs is 1. The summed E-state index contributed by atoms with van der Waals surface area (Å²) in [5, 5.41) is 13.1. The van der Waals surface area contributed by atoms with Crippen LogP contribution in [0.5, 0.6) is 0 Å². The quantitative estimate of drug-likeness (QED) is 0.875. The zero-order chi connectivity index (χ0) is 15.6. The molecule has 0 aliphatic carbocycles. The van der Waals surface area contributed by atoms with Crippen molar-refractivity contribution in [2.24, 2.45) is 5.92 Å². The zero-order valence-electron chi connectivity index (χ0n) is 13.0. The predicted octanol–water partition coefficient (Wildman–Crippen LogP) is 3.50. The smallest absolute Gasteiger partial charge is 0.338 e. The second-order valence-corrected chi connectivity index (χ2v) is 5.80. The third kappa shape index (κ3) is 2.66. The lowest BCUT2D eigenvalue weighted by atomic mass is 9.75. The maximum atomic E-state index is 12.1. The highest BCUT2D eigenvalue weighted by molar-refractivity contribution is 5.84. The molecule has 0 heterocycles. The molecule has 0 aromatic heterocycles. The van der Waals surface area contributed by atoms with E-state index in [4.69, 9.17) is 4.74 Å². The van der Waals surface area contributed by atoms with E-state index in [2.05, 4.69) is 0 Å². The molecular weight excluding hydrogens is 264 g/mol. The molecule has 2 atom stereocenters. The minimum absolute atomic E-state index is 0.244. The van der Waals surface area contributed by atoms with Gasteiger partial charge in [0.15, 0.2) is 5.60 Å². The lowest BCUT2D eigenvalue weighted by molar-refractivity contribution is -0.170. The number of methoxy groups -OCH3 is 1. The Labute approximate surface area is 125 Å². The average molecular weight is 286 g/mol. The Morgan fingerprint density at radius 3 is 2.29 bits per heavy atom. The summed E-state index contributed by atoms with van der Waals surface area (Å²) in [6, 6.07) is 14.0. The predicted molar refractivity (Wildman–Crippen MR) is 84.2 cm³/mol. The van der Waals surface area contributed by atoms with Crippen LogP contribution < -0.4 is 0 Å². The molecule has 21 heavy (non-hydrogen) atoms. The Hall–Kier alpha value is -1.87. The summed E-state index contributed by atoms with van der Waals surface area (Å²) in [6.45, 7) is 5.52. The standard InChI is InChI=1S/C18H22O3/c1-12(2)18(20,17(19)21-4)13(3)15-10-9-14-7-5-6-8-16(14)11-15/h5-13,20H,1-4H3. The molecule has 3 nitrogen and oxygen atoms in total. The molecule has 0 spiro atoms. The number of carbonyl (C=O) groups is 1. The largest absolute Gasteiger partial charge is 0.467 e. The molecule has 0 saturated heterocycles. The molecule has 0 amide bonds. The van der Waals surface area contributed by atoms with Crippen LogP contribution in [-0.2, 0) is 9.53 Å². The van der Waals surface area contributed by atoms with E-state index in [0.717, 1.165) is 16.3 Å². The second kappa shape index (κ2) is 5.86. The van der Waals surface area contributed by atoms with Gasteiger partial charge in [0, 0.05) is 5.92 Å². The molecular formula is C18H22O3. The van der Waals surface area contributed by atoms with Crippen LogP contribution in [0.15, 0.2) is 42.5 Å². The molecule has 0 bridgehead atoms. The summed E-state index contributed by atoms with van der Waals surface area (Å²) in [5.41, 5.74) is -0.604. The van der Waals surface area contributed by atoms with Gasteiger partial charge in [-0.05, 0) is 22.3 Å². The van der Waals surface area contributed by atoms with Crippen molar-refractivity contribution in [2.45, 2.75) is 32.3 Å². The maximum absolute atomic E-state index is 12.1. The summed E-state index contributed by atoms with van der Waals surface area (Å²) in [7, 11) is 1.31. The van der Waals surface area contributed by atoms with Crippen molar-refractivity contribution in [1.29, 1.82) is 0 Å². The number of ether oxygens (including phenoxy) is 1. The Balaban J connectivity index is 2.48. The van der Waals surface area contributed by atoms with Crippen LogP contribution in [0.25, 0.3) is 10.8 Å². The van der Waals surface area contributed by atoms with Crippen molar-refractivity contribution >= 4 is 16.7 Å². The van der Waals surface area contributed by atoms with Gasteiger partial charge in [0.2, 0.25) is 0 Å². The average Bonchev–Trinajstić information content (AvgIpc) is 2.51. The minimum atomic E-state index is -1.53. The molecule has 1 N–H and O–H groups in total. The van der Waals surface area contributed by atoms with E-state index < -0.39 is 11.6 Å². The van der Waals surface area contributed by atoms with Crippen LogP contribution in [0.2, 0.25) is 0 Å². The number of benzene rings is 2. The highest BCUT2D eigenvalue weighted by Crippen LogP contribution is 2.36. The third-order valence-corrected chi connectivity index (χ3v) is 4.33. The SMILES string of the molecule is COC(=O)C(O)(C(C)C)C(C)c1ccc2ccccc2c1. The van der Waals surface area contributed by atoms with Gasteiger partial charge in [-0.15, -0.1) is 0 Å². The number of hydrogen-bond acceptors (Lipinski definition) is 3. The molecule has 2 aromatic carbocycles. The van der Waals surface area contributed by atoms with Gasteiger partial charge < -0.3 is 9.84 Å². The van der Waals surface area contributed by atoms with Crippen molar-refractivity contribution in [2.75, 3.05) is 7.11 Å². The number of rotatable bonds is 4. The minimum Gasteiger partial charge on any atom is -0.467 e. The van der Waals surface area contributed by atoms with Gasteiger partial charge in [0.25, 0.3) is 0 Å². The van der Waals surface area contributed by atoms with Gasteiger partial charge in [-0.25, -0.2) is 4.79 Å². The van der Waals surface area contributed by atoms with Crippen LogP contribution in [0.1, 0.15) is 32.3 Å². The molecule has 2 rings (SSSR count). The van der Waals surface area contributed by atoms with E-state index >= 15 is 0 Å². The normalized spacial score (nSPS) is 15.7. The second-order valence-electron chi connectivity index (χ2n) is 5.80. The molecule has 0 fully saturated rings. The first-order valence-electron chi connectivity index (χ1n) is 7.20. The van der Waals surface area contributed by atoms with E-state index in [0.29, 0.717) is 0 Å². The number of hydrogen-bond donors (Lipinski definition) is 1. The first-order valence-corrected chi connectivity index (χ1v) is 7.20. The van der Waals surface area contributed by atoms with Crippen LogP contribution in [0.4, 0.5) is 0 Å². The molecule has 3 heteroatoms. The maximum Gasteiger partial charge on any atom is 0.338 e. The summed E-state index contributed by atoms with van der Waals surface area (Å²) in [5.74, 6) is -1.18. The number of esters is 1. The lowest BCUT2D eigenvalue weighted by Crippen LogP contribution is -2.49. The van der Waals surface area contributed by atoms with Crippen LogP contribution >= 0.6 is 0 Å². The first-order chi connectivity index (χ1) is 9.91. The van der Waals surface area contributed by atoms with E-state index in [9.17, 15) is 9.90 Å². The van der Waals surface area contributed by atoms with E-state index in [-0.39, 0.29) is 11.8 Å². The Bertz CT molecular complexity index is 648. The first kappa shape index (κ1) is 15.5. The van der Waals surface area contributed by atoms with Gasteiger partial charge in [-0.2, -0.15) is 0 Å². The van der Waals surface area contributed by atoms with Gasteiger partial charge in [-0.3, -0.25) is 0 Å².